The number of rotatable bonds is 5. The van der Waals surface area contributed by atoms with Crippen molar-refractivity contribution in [1.29, 1.82) is 0 Å². The standard InChI is InChI=1S/C21H26N4O/c1-15-22-21(24-23-15)18-8-10-25(11-9-18)14-20(26)13-16-6-7-17-4-2-3-5-19(17)12-16/h2-7,12,18,20,26H,8-11,13-14H2,1H3,(H,22,23,24). The number of hydrogen-bond acceptors (Lipinski definition) is 4. The van der Waals surface area contributed by atoms with E-state index in [0.29, 0.717) is 12.3 Å². The molecule has 0 amide bonds. The number of aromatic nitrogens is 3. The van der Waals surface area contributed by atoms with E-state index in [2.05, 4.69) is 62.5 Å². The second kappa shape index (κ2) is 7.56. The molecule has 3 aromatic rings. The first-order valence-electron chi connectivity index (χ1n) is 9.44. The van der Waals surface area contributed by atoms with Gasteiger partial charge in [0, 0.05) is 12.5 Å². The van der Waals surface area contributed by atoms with Crippen LogP contribution in [0, 0.1) is 6.92 Å². The summed E-state index contributed by atoms with van der Waals surface area (Å²) in [6, 6.07) is 14.8. The average molecular weight is 350 g/mol. The summed E-state index contributed by atoms with van der Waals surface area (Å²) in [5.41, 5.74) is 1.20. The van der Waals surface area contributed by atoms with Crippen LogP contribution in [0.25, 0.3) is 10.8 Å². The van der Waals surface area contributed by atoms with Crippen LogP contribution in [0.2, 0.25) is 0 Å². The summed E-state index contributed by atoms with van der Waals surface area (Å²) >= 11 is 0. The molecule has 1 fully saturated rings. The number of likely N-dealkylation sites (tertiary alicyclic amines) is 1. The van der Waals surface area contributed by atoms with E-state index in [1.54, 1.807) is 0 Å². The zero-order chi connectivity index (χ0) is 17.9. The molecule has 1 unspecified atom stereocenters. The van der Waals surface area contributed by atoms with Gasteiger partial charge in [0.1, 0.15) is 5.82 Å². The number of fused-ring (bicyclic) bond motifs is 1. The molecular weight excluding hydrogens is 324 g/mol. The highest BCUT2D eigenvalue weighted by atomic mass is 16.3. The van der Waals surface area contributed by atoms with Gasteiger partial charge in [0.15, 0.2) is 5.82 Å². The van der Waals surface area contributed by atoms with Gasteiger partial charge < -0.3 is 10.0 Å². The van der Waals surface area contributed by atoms with Gasteiger partial charge in [0.05, 0.1) is 6.10 Å². The van der Waals surface area contributed by atoms with E-state index in [9.17, 15) is 5.11 Å². The van der Waals surface area contributed by atoms with Crippen molar-refractivity contribution in [2.24, 2.45) is 0 Å². The Morgan fingerprint density at radius 2 is 1.92 bits per heavy atom. The lowest BCUT2D eigenvalue weighted by atomic mass is 9.95. The molecule has 0 bridgehead atoms. The van der Waals surface area contributed by atoms with Crippen LogP contribution in [0.15, 0.2) is 42.5 Å². The van der Waals surface area contributed by atoms with E-state index in [-0.39, 0.29) is 6.10 Å². The van der Waals surface area contributed by atoms with Crippen molar-refractivity contribution in [3.05, 3.63) is 59.7 Å². The molecule has 5 heteroatoms. The van der Waals surface area contributed by atoms with E-state index in [0.717, 1.165) is 44.1 Å². The number of nitrogens with one attached hydrogen (secondary N) is 1. The topological polar surface area (TPSA) is 65.0 Å². The fourth-order valence-corrected chi connectivity index (χ4v) is 3.92. The summed E-state index contributed by atoms with van der Waals surface area (Å²) in [6.45, 7) is 4.65. The highest BCUT2D eigenvalue weighted by Gasteiger charge is 2.24. The Balaban J connectivity index is 1.30. The van der Waals surface area contributed by atoms with Gasteiger partial charge in [0.25, 0.3) is 0 Å². The Morgan fingerprint density at radius 1 is 1.15 bits per heavy atom. The summed E-state index contributed by atoms with van der Waals surface area (Å²) < 4.78 is 0. The normalized spacial score (nSPS) is 17.6. The number of hydrogen-bond donors (Lipinski definition) is 2. The molecule has 0 spiro atoms. The maximum absolute atomic E-state index is 10.5. The smallest absolute Gasteiger partial charge is 0.153 e. The molecule has 1 atom stereocenters. The van der Waals surface area contributed by atoms with Gasteiger partial charge in [-0.15, -0.1) is 0 Å². The fourth-order valence-electron chi connectivity index (χ4n) is 3.92. The van der Waals surface area contributed by atoms with Crippen LogP contribution in [0.5, 0.6) is 0 Å². The molecule has 0 radical (unpaired) electrons. The molecule has 1 aliphatic heterocycles. The number of aliphatic hydroxyl groups is 1. The number of H-pyrrole nitrogens is 1. The van der Waals surface area contributed by atoms with Gasteiger partial charge in [-0.05, 0) is 55.6 Å². The molecule has 5 nitrogen and oxygen atoms in total. The van der Waals surface area contributed by atoms with Crippen molar-refractivity contribution < 1.29 is 5.11 Å². The lowest BCUT2D eigenvalue weighted by Gasteiger charge is -2.32. The molecule has 2 aromatic carbocycles. The minimum Gasteiger partial charge on any atom is -0.391 e. The second-order valence-corrected chi connectivity index (χ2v) is 7.39. The zero-order valence-electron chi connectivity index (χ0n) is 15.2. The SMILES string of the molecule is Cc1nc(C2CCN(CC(O)Cc3ccc4ccccc4c3)CC2)n[nH]1. The third kappa shape index (κ3) is 3.94. The average Bonchev–Trinajstić information content (AvgIpc) is 3.08. The highest BCUT2D eigenvalue weighted by Crippen LogP contribution is 2.25. The number of aromatic amines is 1. The minimum absolute atomic E-state index is 0.335. The van der Waals surface area contributed by atoms with Crippen LogP contribution in [0.1, 0.15) is 36.0 Å². The first-order chi connectivity index (χ1) is 12.7. The van der Waals surface area contributed by atoms with E-state index in [1.165, 1.54) is 16.3 Å². The summed E-state index contributed by atoms with van der Waals surface area (Å²) in [4.78, 5) is 6.83. The first-order valence-corrected chi connectivity index (χ1v) is 9.44. The summed E-state index contributed by atoms with van der Waals surface area (Å²) in [7, 11) is 0. The number of aliphatic hydroxyl groups excluding tert-OH is 1. The lowest BCUT2D eigenvalue weighted by molar-refractivity contribution is 0.0965. The number of aryl methyl sites for hydroxylation is 1. The van der Waals surface area contributed by atoms with Crippen LogP contribution in [0.3, 0.4) is 0 Å². The van der Waals surface area contributed by atoms with Crippen molar-refractivity contribution in [3.8, 4) is 0 Å². The Labute approximate surface area is 154 Å². The Bertz CT molecular complexity index is 867. The third-order valence-electron chi connectivity index (χ3n) is 5.32. The van der Waals surface area contributed by atoms with Crippen molar-refractivity contribution in [2.45, 2.75) is 38.2 Å². The fraction of sp³-hybridized carbons (Fsp3) is 0.429. The maximum atomic E-state index is 10.5. The van der Waals surface area contributed by atoms with Gasteiger partial charge in [-0.1, -0.05) is 42.5 Å². The van der Waals surface area contributed by atoms with E-state index in [1.807, 2.05) is 6.92 Å². The second-order valence-electron chi connectivity index (χ2n) is 7.39. The molecule has 4 rings (SSSR count). The van der Waals surface area contributed by atoms with Gasteiger partial charge in [-0.25, -0.2) is 4.98 Å². The van der Waals surface area contributed by atoms with Gasteiger partial charge >= 0.3 is 0 Å². The van der Waals surface area contributed by atoms with E-state index >= 15 is 0 Å². The third-order valence-corrected chi connectivity index (χ3v) is 5.32. The number of benzene rings is 2. The predicted molar refractivity (Wildman–Crippen MR) is 103 cm³/mol. The molecule has 136 valence electrons. The van der Waals surface area contributed by atoms with Crippen molar-refractivity contribution in [2.75, 3.05) is 19.6 Å². The Kier molecular flexibility index (Phi) is 5.00. The molecule has 2 heterocycles. The van der Waals surface area contributed by atoms with Gasteiger partial charge in [-0.2, -0.15) is 5.10 Å². The quantitative estimate of drug-likeness (QED) is 0.742. The Hall–Kier alpha value is -2.24. The molecule has 1 aromatic heterocycles. The molecule has 26 heavy (non-hydrogen) atoms. The number of piperidine rings is 1. The summed E-state index contributed by atoms with van der Waals surface area (Å²) in [6.07, 6.45) is 2.48. The molecule has 0 aliphatic carbocycles. The largest absolute Gasteiger partial charge is 0.391 e. The van der Waals surface area contributed by atoms with Crippen LogP contribution < -0.4 is 0 Å². The van der Waals surface area contributed by atoms with Crippen LogP contribution >= 0.6 is 0 Å². The van der Waals surface area contributed by atoms with Crippen LogP contribution in [-0.2, 0) is 6.42 Å². The number of β-amino-alcohol motifs (C(OH)–C–C–N with tert-alkyl or cyclic N) is 1. The molecule has 0 saturated carbocycles. The van der Waals surface area contributed by atoms with E-state index in [4.69, 9.17) is 0 Å². The Morgan fingerprint density at radius 3 is 2.65 bits per heavy atom. The summed E-state index contributed by atoms with van der Waals surface area (Å²) in [5, 5.41) is 20.3. The molecule has 2 N–H and O–H groups in total. The van der Waals surface area contributed by atoms with Crippen molar-refractivity contribution >= 4 is 10.8 Å². The van der Waals surface area contributed by atoms with Crippen LogP contribution in [-0.4, -0.2) is 50.9 Å². The molecule has 1 saturated heterocycles. The van der Waals surface area contributed by atoms with Crippen molar-refractivity contribution in [1.82, 2.24) is 20.1 Å². The van der Waals surface area contributed by atoms with Gasteiger partial charge in [0.2, 0.25) is 0 Å². The van der Waals surface area contributed by atoms with Crippen LogP contribution in [0.4, 0.5) is 0 Å². The first kappa shape index (κ1) is 17.2. The lowest BCUT2D eigenvalue weighted by Crippen LogP contribution is -2.39. The van der Waals surface area contributed by atoms with Gasteiger partial charge in [-0.3, -0.25) is 5.10 Å². The monoisotopic (exact) mass is 350 g/mol. The van der Waals surface area contributed by atoms with Crippen molar-refractivity contribution in [3.63, 3.8) is 0 Å². The zero-order valence-corrected chi connectivity index (χ0v) is 15.2. The maximum Gasteiger partial charge on any atom is 0.153 e. The molecule has 1 aliphatic rings. The van der Waals surface area contributed by atoms with E-state index < -0.39 is 0 Å². The molecular formula is C21H26N4O. The highest BCUT2D eigenvalue weighted by molar-refractivity contribution is 5.82. The predicted octanol–water partition coefficient (Wildman–Crippen LogP) is 3.05. The minimum atomic E-state index is -0.335. The number of nitrogens with zero attached hydrogens (tertiary/aromatic N) is 3. The summed E-state index contributed by atoms with van der Waals surface area (Å²) in [5.74, 6) is 2.26.